The molecule has 0 unspecified atom stereocenters. The zero-order valence-corrected chi connectivity index (χ0v) is 12.6. The Morgan fingerprint density at radius 1 is 0.739 bits per heavy atom. The monoisotopic (exact) mass is 298 g/mol. The van der Waals surface area contributed by atoms with Crippen LogP contribution in [-0.4, -0.2) is 5.78 Å². The highest BCUT2D eigenvalue weighted by atomic mass is 16.1. The van der Waals surface area contributed by atoms with Crippen molar-refractivity contribution < 1.29 is 9.36 Å². The zero-order valence-electron chi connectivity index (χ0n) is 12.6. The number of hydrogen-bond acceptors (Lipinski definition) is 1. The minimum atomic E-state index is 0.121. The predicted octanol–water partition coefficient (Wildman–Crippen LogP) is 4.16. The fourth-order valence-corrected chi connectivity index (χ4v) is 2.97. The molecule has 3 aromatic carbocycles. The molecule has 2 nitrogen and oxygen atoms in total. The van der Waals surface area contributed by atoms with Crippen LogP contribution in [-0.2, 0) is 6.54 Å². The minimum absolute atomic E-state index is 0.121. The van der Waals surface area contributed by atoms with Crippen LogP contribution in [0.2, 0.25) is 0 Å². The van der Waals surface area contributed by atoms with Gasteiger partial charge < -0.3 is 0 Å². The number of pyridine rings is 1. The zero-order chi connectivity index (χ0) is 15.6. The normalized spacial score (nSPS) is 11.0. The van der Waals surface area contributed by atoms with Crippen molar-refractivity contribution in [3.63, 3.8) is 0 Å². The van der Waals surface area contributed by atoms with Crippen LogP contribution in [0.5, 0.6) is 0 Å². The van der Waals surface area contributed by atoms with Crippen molar-refractivity contribution in [2.45, 2.75) is 6.54 Å². The number of Topliss-reactive ketones (excluding diaryl/α,β-unsaturated/α-hetero) is 1. The molecule has 0 aliphatic heterocycles. The molecule has 0 N–H and O–H groups in total. The van der Waals surface area contributed by atoms with E-state index in [2.05, 4.69) is 24.3 Å². The number of aromatic nitrogens is 1. The fourth-order valence-electron chi connectivity index (χ4n) is 2.97. The first-order valence-electron chi connectivity index (χ1n) is 7.70. The van der Waals surface area contributed by atoms with Gasteiger partial charge in [0.25, 0.3) is 0 Å². The molecule has 23 heavy (non-hydrogen) atoms. The van der Waals surface area contributed by atoms with Gasteiger partial charge in [0.1, 0.15) is 0 Å². The molecule has 0 saturated heterocycles. The summed E-state index contributed by atoms with van der Waals surface area (Å²) in [6, 6.07) is 24.3. The molecule has 0 aliphatic rings. The molecular formula is C21H16NO+. The maximum atomic E-state index is 12.6. The maximum absolute atomic E-state index is 12.6. The van der Waals surface area contributed by atoms with Crippen LogP contribution < -0.4 is 4.57 Å². The Kier molecular flexibility index (Phi) is 3.35. The van der Waals surface area contributed by atoms with Gasteiger partial charge >= 0.3 is 0 Å². The quantitative estimate of drug-likeness (QED) is 0.316. The second kappa shape index (κ2) is 5.65. The number of rotatable bonds is 3. The molecule has 110 valence electrons. The summed E-state index contributed by atoms with van der Waals surface area (Å²) in [4.78, 5) is 12.6. The summed E-state index contributed by atoms with van der Waals surface area (Å²) in [6.07, 6.45) is 3.82. The molecule has 2 heteroatoms. The van der Waals surface area contributed by atoms with E-state index in [1.54, 1.807) is 0 Å². The molecular weight excluding hydrogens is 282 g/mol. The van der Waals surface area contributed by atoms with Gasteiger partial charge in [-0.25, -0.2) is 0 Å². The molecule has 4 aromatic rings. The third-order valence-electron chi connectivity index (χ3n) is 4.17. The van der Waals surface area contributed by atoms with E-state index in [9.17, 15) is 4.79 Å². The molecule has 0 spiro atoms. The van der Waals surface area contributed by atoms with Gasteiger partial charge in [-0.05, 0) is 27.6 Å². The van der Waals surface area contributed by atoms with Crippen molar-refractivity contribution in [3.8, 4) is 0 Å². The number of ketones is 1. The van der Waals surface area contributed by atoms with Gasteiger partial charge in [-0.1, -0.05) is 54.6 Å². The lowest BCUT2D eigenvalue weighted by atomic mass is 9.99. The molecule has 1 aromatic heterocycles. The van der Waals surface area contributed by atoms with E-state index in [-0.39, 0.29) is 5.78 Å². The highest BCUT2D eigenvalue weighted by Gasteiger charge is 2.12. The summed E-state index contributed by atoms with van der Waals surface area (Å²) in [7, 11) is 0. The summed E-state index contributed by atoms with van der Waals surface area (Å²) < 4.78 is 1.90. The lowest BCUT2D eigenvalue weighted by molar-refractivity contribution is -0.683. The first-order valence-corrected chi connectivity index (χ1v) is 7.70. The Morgan fingerprint density at radius 3 is 2.26 bits per heavy atom. The number of fused-ring (bicyclic) bond motifs is 3. The molecule has 4 rings (SSSR count). The van der Waals surface area contributed by atoms with Gasteiger partial charge in [-0.3, -0.25) is 4.79 Å². The smallest absolute Gasteiger partial charge is 0.227 e. The van der Waals surface area contributed by atoms with Crippen LogP contribution in [0.1, 0.15) is 10.4 Å². The lowest BCUT2D eigenvalue weighted by Crippen LogP contribution is -2.36. The third-order valence-corrected chi connectivity index (χ3v) is 4.17. The van der Waals surface area contributed by atoms with Gasteiger partial charge in [0, 0.05) is 17.7 Å². The summed E-state index contributed by atoms with van der Waals surface area (Å²) >= 11 is 0. The average molecular weight is 298 g/mol. The number of nitrogens with zero attached hydrogens (tertiary/aromatic N) is 1. The Bertz CT molecular complexity index is 1010. The standard InChI is InChI=1S/C21H16NO/c23-21(15-22-12-4-1-5-13-22)18-11-10-17-9-8-16-6-2-3-7-19(16)20(17)14-18/h1-14H,15H2/q+1. The van der Waals surface area contributed by atoms with Gasteiger partial charge in [0.05, 0.1) is 0 Å². The summed E-state index contributed by atoms with van der Waals surface area (Å²) in [6.45, 7) is 0.358. The van der Waals surface area contributed by atoms with Gasteiger partial charge in [0.15, 0.2) is 12.4 Å². The molecule has 0 aliphatic carbocycles. The molecule has 0 amide bonds. The average Bonchev–Trinajstić information content (AvgIpc) is 2.62. The van der Waals surface area contributed by atoms with E-state index < -0.39 is 0 Å². The summed E-state index contributed by atoms with van der Waals surface area (Å²) in [5.41, 5.74) is 0.755. The molecule has 0 fully saturated rings. The van der Waals surface area contributed by atoms with Crippen LogP contribution in [0.15, 0.2) is 85.2 Å². The second-order valence-electron chi connectivity index (χ2n) is 5.69. The van der Waals surface area contributed by atoms with Crippen molar-refractivity contribution in [3.05, 3.63) is 90.8 Å². The van der Waals surface area contributed by atoms with E-state index >= 15 is 0 Å². The lowest BCUT2D eigenvalue weighted by Gasteiger charge is -2.06. The summed E-state index contributed by atoms with van der Waals surface area (Å²) in [5, 5.41) is 4.67. The Hall–Kier alpha value is -3.00. The van der Waals surface area contributed by atoms with E-state index in [4.69, 9.17) is 0 Å². The van der Waals surface area contributed by atoms with Crippen molar-refractivity contribution in [2.24, 2.45) is 0 Å². The van der Waals surface area contributed by atoms with Crippen LogP contribution in [0, 0.1) is 0 Å². The fraction of sp³-hybridized carbons (Fsp3) is 0.0476. The highest BCUT2D eigenvalue weighted by molar-refractivity contribution is 6.10. The molecule has 1 heterocycles. The highest BCUT2D eigenvalue weighted by Crippen LogP contribution is 2.26. The Balaban J connectivity index is 1.79. The van der Waals surface area contributed by atoms with Gasteiger partial charge in [-0.15, -0.1) is 0 Å². The first-order chi connectivity index (χ1) is 11.3. The molecule has 0 bridgehead atoms. The maximum Gasteiger partial charge on any atom is 0.227 e. The van der Waals surface area contributed by atoms with Gasteiger partial charge in [0.2, 0.25) is 12.3 Å². The SMILES string of the molecule is O=C(C[n+]1ccccc1)c1ccc2ccc3ccccc3c2c1. The van der Waals surface area contributed by atoms with Crippen molar-refractivity contribution in [2.75, 3.05) is 0 Å². The topological polar surface area (TPSA) is 20.9 Å². The Labute approximate surface area is 134 Å². The number of hydrogen-bond donors (Lipinski definition) is 0. The van der Waals surface area contributed by atoms with E-state index in [1.807, 2.05) is 65.5 Å². The number of benzene rings is 3. The van der Waals surface area contributed by atoms with E-state index in [0.717, 1.165) is 16.3 Å². The van der Waals surface area contributed by atoms with E-state index in [1.165, 1.54) is 10.8 Å². The van der Waals surface area contributed by atoms with Crippen LogP contribution in [0.25, 0.3) is 21.5 Å². The minimum Gasteiger partial charge on any atom is -0.287 e. The second-order valence-corrected chi connectivity index (χ2v) is 5.69. The van der Waals surface area contributed by atoms with E-state index in [0.29, 0.717) is 6.54 Å². The molecule has 0 atom stereocenters. The first kappa shape index (κ1) is 13.6. The summed E-state index contributed by atoms with van der Waals surface area (Å²) in [5.74, 6) is 0.121. The van der Waals surface area contributed by atoms with Crippen molar-refractivity contribution >= 4 is 27.3 Å². The van der Waals surface area contributed by atoms with Crippen LogP contribution >= 0.6 is 0 Å². The third kappa shape index (κ3) is 2.59. The largest absolute Gasteiger partial charge is 0.287 e. The number of carbonyl (C=O) groups is 1. The predicted molar refractivity (Wildman–Crippen MR) is 92.4 cm³/mol. The number of carbonyl (C=O) groups excluding carboxylic acids is 1. The van der Waals surface area contributed by atoms with Crippen LogP contribution in [0.3, 0.4) is 0 Å². The molecule has 0 radical (unpaired) electrons. The van der Waals surface area contributed by atoms with Crippen molar-refractivity contribution in [1.29, 1.82) is 0 Å². The molecule has 0 saturated carbocycles. The van der Waals surface area contributed by atoms with Crippen LogP contribution in [0.4, 0.5) is 0 Å². The van der Waals surface area contributed by atoms with Crippen molar-refractivity contribution in [1.82, 2.24) is 0 Å². The van der Waals surface area contributed by atoms with Gasteiger partial charge in [-0.2, -0.15) is 4.57 Å². The Morgan fingerprint density at radius 2 is 1.43 bits per heavy atom.